The zero-order valence-corrected chi connectivity index (χ0v) is 9.96. The maximum absolute atomic E-state index is 11.0. The predicted octanol–water partition coefficient (Wildman–Crippen LogP) is 1.23. The van der Waals surface area contributed by atoms with Gasteiger partial charge in [0.05, 0.1) is 7.11 Å². The van der Waals surface area contributed by atoms with Crippen LogP contribution in [0.2, 0.25) is 0 Å². The molecule has 0 fully saturated rings. The Morgan fingerprint density at radius 1 is 1.38 bits per heavy atom. The molecule has 0 bridgehead atoms. The summed E-state index contributed by atoms with van der Waals surface area (Å²) < 4.78 is 5.23. The Balaban J connectivity index is 2.81. The second-order valence-electron chi connectivity index (χ2n) is 3.82. The average Bonchev–Trinajstić information content (AvgIpc) is 2.29. The van der Waals surface area contributed by atoms with E-state index in [-0.39, 0.29) is 5.91 Å². The lowest BCUT2D eigenvalue weighted by Crippen LogP contribution is -2.30. The van der Waals surface area contributed by atoms with Gasteiger partial charge in [0.1, 0.15) is 5.75 Å². The molecule has 16 heavy (non-hydrogen) atoms. The normalized spacial score (nSPS) is 10.0. The van der Waals surface area contributed by atoms with Crippen LogP contribution in [0.5, 0.6) is 5.75 Å². The molecule has 4 heteroatoms. The topological polar surface area (TPSA) is 64.3 Å². The van der Waals surface area contributed by atoms with Gasteiger partial charge in [0, 0.05) is 6.42 Å². The van der Waals surface area contributed by atoms with Crippen molar-refractivity contribution in [3.63, 3.8) is 0 Å². The molecule has 0 heterocycles. The van der Waals surface area contributed by atoms with Gasteiger partial charge in [-0.05, 0) is 43.0 Å². The minimum Gasteiger partial charge on any atom is -0.496 e. The quantitative estimate of drug-likeness (QED) is 0.457. The summed E-state index contributed by atoms with van der Waals surface area (Å²) in [4.78, 5) is 11.0. The van der Waals surface area contributed by atoms with Crippen molar-refractivity contribution >= 4 is 5.91 Å². The first-order valence-electron chi connectivity index (χ1n) is 5.22. The van der Waals surface area contributed by atoms with Gasteiger partial charge < -0.3 is 4.74 Å². The number of carbonyl (C=O) groups is 1. The molecular weight excluding hydrogens is 204 g/mol. The van der Waals surface area contributed by atoms with Crippen molar-refractivity contribution in [2.75, 3.05) is 7.11 Å². The third-order valence-electron chi connectivity index (χ3n) is 2.64. The Morgan fingerprint density at radius 2 is 2.06 bits per heavy atom. The highest BCUT2D eigenvalue weighted by Gasteiger charge is 2.06. The average molecular weight is 222 g/mol. The van der Waals surface area contributed by atoms with Crippen molar-refractivity contribution in [3.05, 3.63) is 28.8 Å². The largest absolute Gasteiger partial charge is 0.496 e. The molecule has 3 N–H and O–H groups in total. The number of benzene rings is 1. The van der Waals surface area contributed by atoms with Gasteiger partial charge in [0.25, 0.3) is 0 Å². The smallest absolute Gasteiger partial charge is 0.234 e. The van der Waals surface area contributed by atoms with E-state index >= 15 is 0 Å². The van der Waals surface area contributed by atoms with Gasteiger partial charge in [0.2, 0.25) is 5.91 Å². The van der Waals surface area contributed by atoms with Crippen molar-refractivity contribution in [1.29, 1.82) is 0 Å². The van der Waals surface area contributed by atoms with Crippen LogP contribution in [0.4, 0.5) is 0 Å². The van der Waals surface area contributed by atoms with Crippen LogP contribution in [0.15, 0.2) is 12.1 Å². The van der Waals surface area contributed by atoms with E-state index in [0.29, 0.717) is 12.8 Å². The minimum absolute atomic E-state index is 0.145. The summed E-state index contributed by atoms with van der Waals surface area (Å²) in [5, 5.41) is 0. The molecule has 0 saturated carbocycles. The van der Waals surface area contributed by atoms with Gasteiger partial charge >= 0.3 is 0 Å². The molecule has 0 spiro atoms. The first-order chi connectivity index (χ1) is 7.58. The van der Waals surface area contributed by atoms with Crippen LogP contribution >= 0.6 is 0 Å². The van der Waals surface area contributed by atoms with Crippen LogP contribution in [0.1, 0.15) is 23.1 Å². The molecule has 0 atom stereocenters. The number of hydrazine groups is 1. The second kappa shape index (κ2) is 5.51. The first-order valence-corrected chi connectivity index (χ1v) is 5.22. The van der Waals surface area contributed by atoms with E-state index in [9.17, 15) is 4.79 Å². The predicted molar refractivity (Wildman–Crippen MR) is 63.1 cm³/mol. The molecule has 1 rings (SSSR count). The van der Waals surface area contributed by atoms with E-state index < -0.39 is 0 Å². The van der Waals surface area contributed by atoms with Gasteiger partial charge in [-0.3, -0.25) is 10.2 Å². The molecule has 0 saturated heterocycles. The number of methoxy groups -OCH3 is 1. The number of carbonyl (C=O) groups excluding carboxylic acids is 1. The highest BCUT2D eigenvalue weighted by Crippen LogP contribution is 2.23. The summed E-state index contributed by atoms with van der Waals surface area (Å²) in [7, 11) is 1.66. The Kier molecular flexibility index (Phi) is 4.31. The number of hydrogen-bond donors (Lipinski definition) is 2. The second-order valence-corrected chi connectivity index (χ2v) is 3.82. The maximum Gasteiger partial charge on any atom is 0.234 e. The number of amides is 1. The van der Waals surface area contributed by atoms with Gasteiger partial charge in [-0.15, -0.1) is 0 Å². The van der Waals surface area contributed by atoms with Gasteiger partial charge in [-0.25, -0.2) is 5.84 Å². The summed E-state index contributed by atoms with van der Waals surface area (Å²) in [5.74, 6) is 5.76. The van der Waals surface area contributed by atoms with Crippen molar-refractivity contribution < 1.29 is 9.53 Å². The van der Waals surface area contributed by atoms with E-state index in [2.05, 4.69) is 11.5 Å². The van der Waals surface area contributed by atoms with Gasteiger partial charge in [0.15, 0.2) is 0 Å². The van der Waals surface area contributed by atoms with Gasteiger partial charge in [-0.1, -0.05) is 6.07 Å². The third kappa shape index (κ3) is 2.97. The van der Waals surface area contributed by atoms with Gasteiger partial charge in [-0.2, -0.15) is 0 Å². The fourth-order valence-electron chi connectivity index (χ4n) is 1.66. The summed E-state index contributed by atoms with van der Waals surface area (Å²) in [6.45, 7) is 4.00. The van der Waals surface area contributed by atoms with Crippen molar-refractivity contribution in [2.45, 2.75) is 26.7 Å². The SMILES string of the molecule is COc1cc(C)c(CCC(=O)NN)cc1C. The summed E-state index contributed by atoms with van der Waals surface area (Å²) >= 11 is 0. The fraction of sp³-hybridized carbons (Fsp3) is 0.417. The highest BCUT2D eigenvalue weighted by molar-refractivity contribution is 5.75. The van der Waals surface area contributed by atoms with Crippen molar-refractivity contribution in [3.8, 4) is 5.75 Å². The lowest BCUT2D eigenvalue weighted by molar-refractivity contribution is -0.121. The number of ether oxygens (including phenoxy) is 1. The molecule has 0 aliphatic rings. The van der Waals surface area contributed by atoms with E-state index in [1.807, 2.05) is 19.9 Å². The number of hydrogen-bond acceptors (Lipinski definition) is 3. The number of nitrogens with one attached hydrogen (secondary N) is 1. The lowest BCUT2D eigenvalue weighted by atomic mass is 10.0. The van der Waals surface area contributed by atoms with Crippen molar-refractivity contribution in [2.24, 2.45) is 5.84 Å². The lowest BCUT2D eigenvalue weighted by Gasteiger charge is -2.10. The molecule has 88 valence electrons. The Labute approximate surface area is 95.8 Å². The molecule has 1 amide bonds. The molecule has 0 aliphatic heterocycles. The van der Waals surface area contributed by atoms with Crippen LogP contribution in [0.3, 0.4) is 0 Å². The van der Waals surface area contributed by atoms with Crippen LogP contribution in [-0.4, -0.2) is 13.0 Å². The molecule has 0 unspecified atom stereocenters. The van der Waals surface area contributed by atoms with Crippen LogP contribution in [-0.2, 0) is 11.2 Å². The molecule has 0 aromatic heterocycles. The molecule has 0 aliphatic carbocycles. The van der Waals surface area contributed by atoms with E-state index in [4.69, 9.17) is 10.6 Å². The third-order valence-corrected chi connectivity index (χ3v) is 2.64. The molecule has 1 aromatic carbocycles. The van der Waals surface area contributed by atoms with Crippen LogP contribution in [0.25, 0.3) is 0 Å². The summed E-state index contributed by atoms with van der Waals surface area (Å²) in [5.41, 5.74) is 5.49. The van der Waals surface area contributed by atoms with Crippen molar-refractivity contribution in [1.82, 2.24) is 5.43 Å². The van der Waals surface area contributed by atoms with Crippen LogP contribution in [0, 0.1) is 13.8 Å². The number of nitrogens with two attached hydrogens (primary N) is 1. The fourth-order valence-corrected chi connectivity index (χ4v) is 1.66. The number of aryl methyl sites for hydroxylation is 3. The van der Waals surface area contributed by atoms with E-state index in [0.717, 1.165) is 22.4 Å². The minimum atomic E-state index is -0.145. The maximum atomic E-state index is 11.0. The Hall–Kier alpha value is -1.55. The Morgan fingerprint density at radius 3 is 2.62 bits per heavy atom. The standard InChI is InChI=1S/C12H18N2O2/c1-8-7-11(16-3)9(2)6-10(8)4-5-12(15)14-13/h6-7H,4-5,13H2,1-3H3,(H,14,15). The molecular formula is C12H18N2O2. The zero-order chi connectivity index (χ0) is 12.1. The molecule has 1 aromatic rings. The molecule has 0 radical (unpaired) electrons. The first kappa shape index (κ1) is 12.5. The highest BCUT2D eigenvalue weighted by atomic mass is 16.5. The summed E-state index contributed by atoms with van der Waals surface area (Å²) in [6.07, 6.45) is 1.10. The number of rotatable bonds is 4. The zero-order valence-electron chi connectivity index (χ0n) is 9.96. The Bertz CT molecular complexity index is 389. The molecule has 4 nitrogen and oxygen atoms in total. The monoisotopic (exact) mass is 222 g/mol. The van der Waals surface area contributed by atoms with E-state index in [1.165, 1.54) is 0 Å². The van der Waals surface area contributed by atoms with Crippen LogP contribution < -0.4 is 16.0 Å². The summed E-state index contributed by atoms with van der Waals surface area (Å²) in [6, 6.07) is 4.04. The van der Waals surface area contributed by atoms with E-state index in [1.54, 1.807) is 7.11 Å².